The summed E-state index contributed by atoms with van der Waals surface area (Å²) in [5.41, 5.74) is 15.4. The Morgan fingerprint density at radius 1 is 0.494 bits per heavy atom. The molecule has 0 N–H and O–H groups in total. The topological polar surface area (TPSA) is 40.8 Å². The van der Waals surface area contributed by atoms with Gasteiger partial charge in [-0.1, -0.05) is 174 Å². The average molecular weight is 1260 g/mol. The van der Waals surface area contributed by atoms with Gasteiger partial charge in [-0.25, -0.2) is 4.98 Å². The summed E-state index contributed by atoms with van der Waals surface area (Å²) >= 11 is 0. The monoisotopic (exact) mass is 1260 g/mol. The Labute approximate surface area is 507 Å². The Hall–Kier alpha value is -9.09. The summed E-state index contributed by atoms with van der Waals surface area (Å²) in [7, 11) is 0. The second-order valence-electron chi connectivity index (χ2n) is 23.6. The molecule has 14 aromatic rings. The van der Waals surface area contributed by atoms with Crippen LogP contribution in [0.5, 0.6) is 11.5 Å². The van der Waals surface area contributed by atoms with Crippen LogP contribution in [0.1, 0.15) is 72.0 Å². The number of hydrogen-bond donors (Lipinski definition) is 0. The van der Waals surface area contributed by atoms with Gasteiger partial charge in [0.1, 0.15) is 5.82 Å². The molecule has 7 heteroatoms. The smallest absolute Gasteiger partial charge is 0.268 e. The Kier molecular flexibility index (Phi) is 10.7. The van der Waals surface area contributed by atoms with E-state index in [-0.39, 0.29) is 43.2 Å². The minimum Gasteiger partial charge on any atom is -0.510 e. The Balaban J connectivity index is 0.00000694. The number of imidazole rings is 1. The van der Waals surface area contributed by atoms with Gasteiger partial charge in [0.2, 0.25) is 0 Å². The van der Waals surface area contributed by atoms with Gasteiger partial charge in [0.25, 0.3) is 6.33 Å². The number of pyridine rings is 1. The molecule has 15 rings (SSSR count). The van der Waals surface area contributed by atoms with E-state index >= 15 is 0 Å². The summed E-state index contributed by atoms with van der Waals surface area (Å²) in [5.74, 6) is 1.76. The third-order valence-electron chi connectivity index (χ3n) is 16.4. The number of aryl methyl sites for hydroxylation is 2. The van der Waals surface area contributed by atoms with E-state index in [4.69, 9.17) is 17.9 Å². The van der Waals surface area contributed by atoms with Crippen LogP contribution in [-0.2, 0) is 31.9 Å². The predicted octanol–water partition coefficient (Wildman–Crippen LogP) is 18.9. The van der Waals surface area contributed by atoms with Gasteiger partial charge in [-0.15, -0.1) is 29.7 Å². The van der Waals surface area contributed by atoms with Crippen molar-refractivity contribution < 1.29 is 38.6 Å². The molecule has 6 nitrogen and oxygen atoms in total. The van der Waals surface area contributed by atoms with Crippen LogP contribution in [-0.4, -0.2) is 18.7 Å². The molecule has 0 aliphatic carbocycles. The van der Waals surface area contributed by atoms with Gasteiger partial charge < -0.3 is 18.4 Å². The fourth-order valence-corrected chi connectivity index (χ4v) is 12.6. The normalized spacial score (nSPS) is 13.6. The van der Waals surface area contributed by atoms with Crippen molar-refractivity contribution in [2.45, 2.75) is 66.1 Å². The third-order valence-corrected chi connectivity index (χ3v) is 16.4. The van der Waals surface area contributed by atoms with Crippen LogP contribution in [0.3, 0.4) is 0 Å². The van der Waals surface area contributed by atoms with Crippen molar-refractivity contribution in [3.05, 3.63) is 253 Å². The predicted molar refractivity (Wildman–Crippen MR) is 336 cm³/mol. The number of nitrogens with zero attached hydrogens (tertiary/aromatic N) is 5. The maximum Gasteiger partial charge on any atom is 0.268 e. The summed E-state index contributed by atoms with van der Waals surface area (Å²) in [6.45, 7) is 7.78. The SMILES string of the molecule is [2H]C([2H])([2H])c1cccc(C([2H])([2H])[2H])c1-c1cc2c(c(C(C)(C)C)c1)-[n+]1[c-]n(-c3[c-]c(Oc4[c-]c5c(cc4)c4ccccc4n5-c4cc(C(C)(C)C)ccn4)ccc3)c3cc(-n4c5ccccc5c5ccccc54)cc(c31)-c1ccccc1-c1ccccc1-2.[Pt]. The van der Waals surface area contributed by atoms with Crippen molar-refractivity contribution in [3.8, 4) is 78.9 Å². The van der Waals surface area contributed by atoms with Crippen LogP contribution in [0.15, 0.2) is 212 Å². The van der Waals surface area contributed by atoms with Crippen LogP contribution in [0.4, 0.5) is 0 Å². The van der Waals surface area contributed by atoms with Gasteiger partial charge >= 0.3 is 0 Å². The number of rotatable bonds is 6. The zero-order valence-corrected chi connectivity index (χ0v) is 48.9. The number of para-hydroxylation sites is 3. The Morgan fingerprint density at radius 3 is 1.71 bits per heavy atom. The molecule has 0 unspecified atom stereocenters. The summed E-state index contributed by atoms with van der Waals surface area (Å²) < 4.78 is 68.7. The van der Waals surface area contributed by atoms with Crippen molar-refractivity contribution >= 4 is 54.6 Å². The molecule has 0 amide bonds. The molecule has 1 aliphatic heterocycles. The van der Waals surface area contributed by atoms with Crippen LogP contribution in [0.25, 0.3) is 122 Å². The molecule has 5 heterocycles. The van der Waals surface area contributed by atoms with E-state index in [0.717, 1.165) is 111 Å². The summed E-state index contributed by atoms with van der Waals surface area (Å²) in [5, 5.41) is 4.37. The number of hydrogen-bond acceptors (Lipinski definition) is 2. The van der Waals surface area contributed by atoms with Crippen molar-refractivity contribution in [2.75, 3.05) is 0 Å². The van der Waals surface area contributed by atoms with Crippen molar-refractivity contribution in [3.63, 3.8) is 0 Å². The summed E-state index contributed by atoms with van der Waals surface area (Å²) in [4.78, 5) is 4.91. The minimum atomic E-state index is -2.63. The molecule has 10 aromatic carbocycles. The van der Waals surface area contributed by atoms with Crippen molar-refractivity contribution in [1.29, 1.82) is 0 Å². The molecule has 1 aliphatic rings. The summed E-state index contributed by atoms with van der Waals surface area (Å²) in [6, 6.07) is 76.9. The molecule has 0 atom stereocenters. The van der Waals surface area contributed by atoms with E-state index in [1.807, 2.05) is 60.8 Å². The molecule has 4 aromatic heterocycles. The first-order valence-corrected chi connectivity index (χ1v) is 27.9. The molecule has 0 radical (unpaired) electrons. The van der Waals surface area contributed by atoms with Crippen molar-refractivity contribution in [1.82, 2.24) is 18.7 Å². The Bertz CT molecular complexity index is 5120. The first-order valence-electron chi connectivity index (χ1n) is 30.9. The zero-order chi connectivity index (χ0) is 60.8. The van der Waals surface area contributed by atoms with E-state index in [9.17, 15) is 0 Å². The number of fused-ring (bicyclic) bond motifs is 13. The maximum atomic E-state index is 8.83. The van der Waals surface area contributed by atoms with Gasteiger partial charge in [-0.2, -0.15) is 18.2 Å². The van der Waals surface area contributed by atoms with E-state index < -0.39 is 19.1 Å². The quantitative estimate of drug-likeness (QED) is 0.123. The first-order chi connectivity index (χ1) is 42.2. The Morgan fingerprint density at radius 2 is 1.07 bits per heavy atom. The molecule has 83 heavy (non-hydrogen) atoms. The standard InChI is InChI=1S/C76H59N5O.Pt/c1-47-21-19-22-48(2)72(47)49-39-63-57-27-11-9-25-55(57)56-26-10-12-28-58(56)64-43-52(80-66-32-16-13-29-59(66)60-30-14-17-33-67(60)80)44-70-74(64)79(73(63)65(40-49)76(6,7)8)46-78(70)51-23-20-24-53(42-51)82-54-35-36-62-61-31-15-18-34-68(61)81(69(62)45-54)71-41-50(37-38-77-71)75(3,4)5;/h9-41,43-44H,1-8H3;/q-2;/i1D3,2D3;. The van der Waals surface area contributed by atoms with Crippen LogP contribution >= 0.6 is 0 Å². The molecule has 0 saturated heterocycles. The van der Waals surface area contributed by atoms with E-state index in [1.54, 1.807) is 0 Å². The number of benzene rings is 10. The van der Waals surface area contributed by atoms with E-state index in [2.05, 4.69) is 212 Å². The third kappa shape index (κ3) is 8.40. The maximum absolute atomic E-state index is 8.83. The van der Waals surface area contributed by atoms with E-state index in [1.165, 1.54) is 23.8 Å². The second-order valence-corrected chi connectivity index (χ2v) is 23.6. The largest absolute Gasteiger partial charge is 0.510 e. The van der Waals surface area contributed by atoms with Gasteiger partial charge in [-0.05, 0) is 151 Å². The zero-order valence-electron chi connectivity index (χ0n) is 52.7. The van der Waals surface area contributed by atoms with Crippen LogP contribution in [0, 0.1) is 32.2 Å². The van der Waals surface area contributed by atoms with E-state index in [0.29, 0.717) is 22.7 Å². The molecule has 0 saturated carbocycles. The van der Waals surface area contributed by atoms with Gasteiger partial charge in [0, 0.05) is 69.0 Å². The minimum absolute atomic E-state index is 0. The van der Waals surface area contributed by atoms with Gasteiger partial charge in [0.05, 0.1) is 27.8 Å². The molecular weight excluding hydrogens is 1190 g/mol. The summed E-state index contributed by atoms with van der Waals surface area (Å²) in [6.07, 6.45) is 5.84. The van der Waals surface area contributed by atoms with Crippen molar-refractivity contribution in [2.24, 2.45) is 0 Å². The van der Waals surface area contributed by atoms with Gasteiger partial charge in [-0.3, -0.25) is 4.57 Å². The molecule has 406 valence electrons. The molecular formula is C76H59N5OPt-2. The van der Waals surface area contributed by atoms with Crippen LogP contribution in [0.2, 0.25) is 0 Å². The van der Waals surface area contributed by atoms with Crippen LogP contribution < -0.4 is 9.30 Å². The van der Waals surface area contributed by atoms with Gasteiger partial charge in [0.15, 0.2) is 0 Å². The fraction of sp³-hybridized carbons (Fsp3) is 0.132. The molecule has 0 fully saturated rings. The fourth-order valence-electron chi connectivity index (χ4n) is 12.6. The molecule has 0 spiro atoms. The first kappa shape index (κ1) is 45.5. The molecule has 0 bridgehead atoms. The number of aromatic nitrogens is 5. The number of ether oxygens (including phenoxy) is 1. The second kappa shape index (κ2) is 19.5. The average Bonchev–Trinajstić information content (AvgIpc) is 1.64.